The lowest BCUT2D eigenvalue weighted by molar-refractivity contribution is 0.0305. The van der Waals surface area contributed by atoms with Crippen LogP contribution in [0, 0.1) is 0 Å². The highest BCUT2D eigenvalue weighted by Gasteiger charge is 2.32. The fourth-order valence-corrected chi connectivity index (χ4v) is 6.10. The van der Waals surface area contributed by atoms with E-state index in [-0.39, 0.29) is 5.91 Å². The highest BCUT2D eigenvalue weighted by molar-refractivity contribution is 7.20. The normalized spacial score (nSPS) is 19.8. The van der Waals surface area contributed by atoms with Crippen LogP contribution in [0.5, 0.6) is 0 Å². The molecule has 2 aliphatic heterocycles. The van der Waals surface area contributed by atoms with Crippen LogP contribution in [-0.4, -0.2) is 60.1 Å². The summed E-state index contributed by atoms with van der Waals surface area (Å²) in [5, 5.41) is 1.15. The number of ether oxygens (including phenoxy) is 1. The SMILES string of the molecule is CC(C)c1ccc(CN2CC[C@H](c3c(C(=O)N4CCOCC4)sc4ncccc34)C2)cc1. The molecule has 0 spiro atoms. The van der Waals surface area contributed by atoms with Crippen LogP contribution in [0.15, 0.2) is 42.6 Å². The first-order valence-corrected chi connectivity index (χ1v) is 12.5. The molecule has 4 heterocycles. The molecule has 3 aromatic rings. The second-order valence-corrected chi connectivity index (χ2v) is 10.2. The number of carbonyl (C=O) groups is 1. The maximum atomic E-state index is 13.4. The van der Waals surface area contributed by atoms with Crippen LogP contribution in [0.2, 0.25) is 0 Å². The number of nitrogens with zero attached hydrogens (tertiary/aromatic N) is 3. The highest BCUT2D eigenvalue weighted by Crippen LogP contribution is 2.40. The third kappa shape index (κ3) is 4.32. The van der Waals surface area contributed by atoms with Crippen LogP contribution in [0.1, 0.15) is 58.5 Å². The Balaban J connectivity index is 1.37. The fourth-order valence-electron chi connectivity index (χ4n) is 4.90. The van der Waals surface area contributed by atoms with E-state index in [2.05, 4.69) is 54.1 Å². The summed E-state index contributed by atoms with van der Waals surface area (Å²) in [5.74, 6) is 1.07. The molecule has 0 N–H and O–H groups in total. The molecule has 1 aromatic carbocycles. The van der Waals surface area contributed by atoms with Gasteiger partial charge in [-0.3, -0.25) is 9.69 Å². The van der Waals surface area contributed by atoms with Gasteiger partial charge in [-0.2, -0.15) is 0 Å². The Bertz CT molecular complexity index is 1090. The Labute approximate surface area is 194 Å². The van der Waals surface area contributed by atoms with Crippen molar-refractivity contribution in [1.29, 1.82) is 0 Å². The van der Waals surface area contributed by atoms with Crippen molar-refractivity contribution in [3.63, 3.8) is 0 Å². The second-order valence-electron chi connectivity index (χ2n) is 9.22. The molecule has 1 amide bonds. The number of aromatic nitrogens is 1. The number of rotatable bonds is 5. The molecule has 0 bridgehead atoms. The second kappa shape index (κ2) is 9.30. The van der Waals surface area contributed by atoms with E-state index in [0.29, 0.717) is 38.1 Å². The van der Waals surface area contributed by atoms with E-state index >= 15 is 0 Å². The monoisotopic (exact) mass is 449 g/mol. The van der Waals surface area contributed by atoms with Crippen LogP contribution >= 0.6 is 11.3 Å². The van der Waals surface area contributed by atoms with Crippen molar-refractivity contribution in [3.05, 3.63) is 64.2 Å². The smallest absolute Gasteiger partial charge is 0.264 e. The van der Waals surface area contributed by atoms with Crippen molar-refractivity contribution in [2.75, 3.05) is 39.4 Å². The minimum atomic E-state index is 0.147. The van der Waals surface area contributed by atoms with Crippen LogP contribution in [0.25, 0.3) is 10.2 Å². The van der Waals surface area contributed by atoms with Gasteiger partial charge in [0.15, 0.2) is 0 Å². The first kappa shape index (κ1) is 21.6. The summed E-state index contributed by atoms with van der Waals surface area (Å²) in [5.41, 5.74) is 3.96. The predicted octanol–water partition coefficient (Wildman–Crippen LogP) is 4.88. The van der Waals surface area contributed by atoms with Gasteiger partial charge in [-0.05, 0) is 41.6 Å². The van der Waals surface area contributed by atoms with Gasteiger partial charge in [0, 0.05) is 43.7 Å². The van der Waals surface area contributed by atoms with Gasteiger partial charge < -0.3 is 9.64 Å². The van der Waals surface area contributed by atoms with Crippen LogP contribution in [-0.2, 0) is 11.3 Å². The van der Waals surface area contributed by atoms with Crippen LogP contribution < -0.4 is 0 Å². The maximum Gasteiger partial charge on any atom is 0.264 e. The Morgan fingerprint density at radius 2 is 1.94 bits per heavy atom. The molecule has 32 heavy (non-hydrogen) atoms. The summed E-state index contributed by atoms with van der Waals surface area (Å²) < 4.78 is 5.46. The van der Waals surface area contributed by atoms with E-state index < -0.39 is 0 Å². The standard InChI is InChI=1S/C26H31N3O2S/c1-18(2)20-7-5-19(6-8-20)16-28-11-9-21(17-28)23-22-4-3-10-27-25(22)32-24(23)26(30)29-12-14-31-15-13-29/h3-8,10,18,21H,9,11-17H2,1-2H3/t21-/m0/s1. The van der Waals surface area contributed by atoms with Gasteiger partial charge in [0.2, 0.25) is 0 Å². The average molecular weight is 450 g/mol. The minimum absolute atomic E-state index is 0.147. The van der Waals surface area contributed by atoms with Gasteiger partial charge in [0.25, 0.3) is 5.91 Å². The van der Waals surface area contributed by atoms with Gasteiger partial charge in [-0.15, -0.1) is 11.3 Å². The zero-order valence-corrected chi connectivity index (χ0v) is 19.7. The van der Waals surface area contributed by atoms with Crippen LogP contribution in [0.4, 0.5) is 0 Å². The molecular formula is C26H31N3O2S. The summed E-state index contributed by atoms with van der Waals surface area (Å²) >= 11 is 1.56. The maximum absolute atomic E-state index is 13.4. The topological polar surface area (TPSA) is 45.7 Å². The molecule has 0 aliphatic carbocycles. The Morgan fingerprint density at radius 3 is 2.69 bits per heavy atom. The van der Waals surface area contributed by atoms with Crippen molar-refractivity contribution < 1.29 is 9.53 Å². The van der Waals surface area contributed by atoms with Crippen molar-refractivity contribution >= 4 is 27.5 Å². The quantitative estimate of drug-likeness (QED) is 0.557. The van der Waals surface area contributed by atoms with Gasteiger partial charge in [-0.25, -0.2) is 4.98 Å². The zero-order chi connectivity index (χ0) is 22.1. The van der Waals surface area contributed by atoms with E-state index in [9.17, 15) is 4.79 Å². The molecule has 168 valence electrons. The molecule has 1 atom stereocenters. The molecule has 6 heteroatoms. The minimum Gasteiger partial charge on any atom is -0.378 e. The number of benzene rings is 1. The van der Waals surface area contributed by atoms with Crippen molar-refractivity contribution in [2.24, 2.45) is 0 Å². The molecule has 5 rings (SSSR count). The summed E-state index contributed by atoms with van der Waals surface area (Å²) in [6, 6.07) is 13.2. The third-order valence-electron chi connectivity index (χ3n) is 6.73. The van der Waals surface area contributed by atoms with E-state index in [1.54, 1.807) is 11.3 Å². The van der Waals surface area contributed by atoms with Crippen LogP contribution in [0.3, 0.4) is 0 Å². The zero-order valence-electron chi connectivity index (χ0n) is 18.9. The number of hydrogen-bond acceptors (Lipinski definition) is 5. The predicted molar refractivity (Wildman–Crippen MR) is 130 cm³/mol. The molecule has 2 aromatic heterocycles. The van der Waals surface area contributed by atoms with Crippen molar-refractivity contribution in [2.45, 2.75) is 38.6 Å². The van der Waals surface area contributed by atoms with Gasteiger partial charge in [-0.1, -0.05) is 44.2 Å². The van der Waals surface area contributed by atoms with Crippen molar-refractivity contribution in [1.82, 2.24) is 14.8 Å². The summed E-state index contributed by atoms with van der Waals surface area (Å²) in [6.07, 6.45) is 2.90. The van der Waals surface area contributed by atoms with Gasteiger partial charge in [0.05, 0.1) is 18.1 Å². The Kier molecular flexibility index (Phi) is 6.26. The van der Waals surface area contributed by atoms with Gasteiger partial charge >= 0.3 is 0 Å². The number of thiophene rings is 1. The number of hydrogen-bond donors (Lipinski definition) is 0. The Morgan fingerprint density at radius 1 is 1.16 bits per heavy atom. The summed E-state index contributed by atoms with van der Waals surface area (Å²) in [4.78, 5) is 24.4. The molecule has 0 unspecified atom stereocenters. The number of carbonyl (C=O) groups excluding carboxylic acids is 1. The number of morpholine rings is 1. The molecule has 5 nitrogen and oxygen atoms in total. The average Bonchev–Trinajstić information content (AvgIpc) is 3.43. The molecular weight excluding hydrogens is 418 g/mol. The lowest BCUT2D eigenvalue weighted by Crippen LogP contribution is -2.40. The number of likely N-dealkylation sites (tertiary alicyclic amines) is 1. The largest absolute Gasteiger partial charge is 0.378 e. The van der Waals surface area contributed by atoms with E-state index in [4.69, 9.17) is 4.74 Å². The fraction of sp³-hybridized carbons (Fsp3) is 0.462. The molecule has 2 saturated heterocycles. The number of amides is 1. The molecule has 0 saturated carbocycles. The number of pyridine rings is 1. The summed E-state index contributed by atoms with van der Waals surface area (Å²) in [6.45, 7) is 10.0. The third-order valence-corrected chi connectivity index (χ3v) is 7.85. The van der Waals surface area contributed by atoms with E-state index in [1.165, 1.54) is 16.7 Å². The number of fused-ring (bicyclic) bond motifs is 1. The highest BCUT2D eigenvalue weighted by atomic mass is 32.1. The van der Waals surface area contributed by atoms with Crippen molar-refractivity contribution in [3.8, 4) is 0 Å². The molecule has 2 fully saturated rings. The molecule has 2 aliphatic rings. The first-order valence-electron chi connectivity index (χ1n) is 11.7. The lowest BCUT2D eigenvalue weighted by atomic mass is 9.95. The van der Waals surface area contributed by atoms with E-state index in [0.717, 1.165) is 41.1 Å². The first-order chi connectivity index (χ1) is 15.6. The molecule has 0 radical (unpaired) electrons. The lowest BCUT2D eigenvalue weighted by Gasteiger charge is -2.27. The van der Waals surface area contributed by atoms with E-state index in [1.807, 2.05) is 17.2 Å². The Hall–Kier alpha value is -2.28. The van der Waals surface area contributed by atoms with Gasteiger partial charge in [0.1, 0.15) is 4.83 Å². The summed E-state index contributed by atoms with van der Waals surface area (Å²) in [7, 11) is 0.